The topological polar surface area (TPSA) is 12.0 Å². The third kappa shape index (κ3) is 5.86. The summed E-state index contributed by atoms with van der Waals surface area (Å²) < 4.78 is 0. The minimum Gasteiger partial charge on any atom is -0.306 e. The molecule has 1 aliphatic rings. The lowest BCUT2D eigenvalue weighted by Crippen LogP contribution is -2.27. The summed E-state index contributed by atoms with van der Waals surface area (Å²) in [6.07, 6.45) is 11.8. The first kappa shape index (κ1) is 19.5. The maximum Gasteiger partial charge on any atom is 0.0358 e. The Bertz CT molecular complexity index is 633. The summed E-state index contributed by atoms with van der Waals surface area (Å²) in [4.78, 5) is 0. The van der Waals surface area contributed by atoms with Crippen molar-refractivity contribution < 1.29 is 0 Å². The van der Waals surface area contributed by atoms with Crippen molar-refractivity contribution >= 4 is 0 Å². The van der Waals surface area contributed by atoms with Gasteiger partial charge in [-0.3, -0.25) is 0 Å². The lowest BCUT2D eigenvalue weighted by atomic mass is 9.90. The second-order valence-corrected chi connectivity index (χ2v) is 7.48. The third-order valence-corrected chi connectivity index (χ3v) is 5.16. The fourth-order valence-corrected chi connectivity index (χ4v) is 3.59. The average Bonchev–Trinajstić information content (AvgIpc) is 2.62. The Hall–Kier alpha value is -1.86. The van der Waals surface area contributed by atoms with Crippen LogP contribution in [0.1, 0.15) is 50.8 Å². The lowest BCUT2D eigenvalue weighted by Gasteiger charge is -2.25. The van der Waals surface area contributed by atoms with Gasteiger partial charge in [-0.25, -0.2) is 0 Å². The van der Waals surface area contributed by atoms with E-state index < -0.39 is 0 Å². The molecule has 1 aromatic carbocycles. The molecule has 1 nitrogen and oxygen atoms in total. The van der Waals surface area contributed by atoms with E-state index in [1.165, 1.54) is 28.7 Å². The van der Waals surface area contributed by atoms with Crippen LogP contribution in [0, 0.1) is 11.8 Å². The van der Waals surface area contributed by atoms with Crippen molar-refractivity contribution in [3.63, 3.8) is 0 Å². The second kappa shape index (κ2) is 9.58. The monoisotopic (exact) mass is 335 g/mol. The third-order valence-electron chi connectivity index (χ3n) is 5.16. The Morgan fingerprint density at radius 3 is 2.52 bits per heavy atom. The van der Waals surface area contributed by atoms with E-state index in [1.54, 1.807) is 0 Å². The van der Waals surface area contributed by atoms with Crippen molar-refractivity contribution in [2.24, 2.45) is 11.8 Å². The number of hydrogen-bond donors (Lipinski definition) is 1. The lowest BCUT2D eigenvalue weighted by molar-refractivity contribution is 0.465. The normalized spacial score (nSPS) is 20.5. The maximum atomic E-state index is 3.89. The fourth-order valence-electron chi connectivity index (χ4n) is 3.59. The first-order valence-corrected chi connectivity index (χ1v) is 9.47. The molecule has 0 saturated heterocycles. The Balaban J connectivity index is 1.93. The predicted octanol–water partition coefficient (Wildman–Crippen LogP) is 6.17. The SMILES string of the molecule is C=C/C=C(\C)C1=CCC(c2ccc(CC(C)CC(C)C=C)cc2)NC1. The first-order valence-electron chi connectivity index (χ1n) is 9.47. The van der Waals surface area contributed by atoms with Crippen LogP contribution in [0.3, 0.4) is 0 Å². The summed E-state index contributed by atoms with van der Waals surface area (Å²) >= 11 is 0. The molecular weight excluding hydrogens is 302 g/mol. The van der Waals surface area contributed by atoms with Gasteiger partial charge in [0.05, 0.1) is 0 Å². The van der Waals surface area contributed by atoms with E-state index in [4.69, 9.17) is 0 Å². The molecular formula is C24H33N. The Morgan fingerprint density at radius 2 is 1.96 bits per heavy atom. The zero-order valence-corrected chi connectivity index (χ0v) is 16.1. The minimum atomic E-state index is 0.424. The smallest absolute Gasteiger partial charge is 0.0358 e. The highest BCUT2D eigenvalue weighted by molar-refractivity contribution is 5.36. The van der Waals surface area contributed by atoms with Crippen LogP contribution in [-0.4, -0.2) is 6.54 Å². The molecule has 1 aliphatic heterocycles. The number of rotatable bonds is 8. The second-order valence-electron chi connectivity index (χ2n) is 7.48. The summed E-state index contributed by atoms with van der Waals surface area (Å²) in [5.74, 6) is 1.29. The van der Waals surface area contributed by atoms with Crippen LogP contribution in [0.4, 0.5) is 0 Å². The van der Waals surface area contributed by atoms with Crippen molar-refractivity contribution in [2.75, 3.05) is 6.54 Å². The maximum absolute atomic E-state index is 3.89. The number of nitrogens with one attached hydrogen (secondary N) is 1. The minimum absolute atomic E-state index is 0.424. The Morgan fingerprint density at radius 1 is 1.24 bits per heavy atom. The number of benzene rings is 1. The van der Waals surface area contributed by atoms with Crippen molar-refractivity contribution in [1.29, 1.82) is 0 Å². The summed E-state index contributed by atoms with van der Waals surface area (Å²) in [6, 6.07) is 9.61. The highest BCUT2D eigenvalue weighted by Gasteiger charge is 2.16. The van der Waals surface area contributed by atoms with E-state index >= 15 is 0 Å². The van der Waals surface area contributed by atoms with Gasteiger partial charge in [0.15, 0.2) is 0 Å². The van der Waals surface area contributed by atoms with Gasteiger partial charge in [-0.2, -0.15) is 0 Å². The summed E-state index contributed by atoms with van der Waals surface area (Å²) in [6.45, 7) is 15.3. The molecule has 3 unspecified atom stereocenters. The first-order chi connectivity index (χ1) is 12.0. The van der Waals surface area contributed by atoms with E-state index in [0.717, 1.165) is 19.4 Å². The quantitative estimate of drug-likeness (QED) is 0.442. The standard InChI is InChI=1S/C24H33N/c1-6-8-20(5)23-13-14-24(25-17-23)22-11-9-21(10-12-22)16-19(4)15-18(3)7-2/h6-13,18-19,24-25H,1-2,14-17H2,3-5H3/b20-8+. The van der Waals surface area contributed by atoms with Crippen LogP contribution in [0.2, 0.25) is 0 Å². The van der Waals surface area contributed by atoms with Crippen LogP contribution >= 0.6 is 0 Å². The molecule has 0 radical (unpaired) electrons. The highest BCUT2D eigenvalue weighted by atomic mass is 14.9. The summed E-state index contributed by atoms with van der Waals surface area (Å²) in [5.41, 5.74) is 5.51. The van der Waals surface area contributed by atoms with Crippen molar-refractivity contribution in [3.05, 3.63) is 84.0 Å². The van der Waals surface area contributed by atoms with Crippen LogP contribution in [0.15, 0.2) is 72.9 Å². The van der Waals surface area contributed by atoms with Gasteiger partial charge in [-0.15, -0.1) is 6.58 Å². The number of hydrogen-bond acceptors (Lipinski definition) is 1. The predicted molar refractivity (Wildman–Crippen MR) is 111 cm³/mol. The van der Waals surface area contributed by atoms with Gasteiger partial charge in [0.1, 0.15) is 0 Å². The Labute approximate surface area is 154 Å². The van der Waals surface area contributed by atoms with E-state index in [9.17, 15) is 0 Å². The van der Waals surface area contributed by atoms with Gasteiger partial charge in [-0.1, -0.05) is 69.0 Å². The fraction of sp³-hybridized carbons (Fsp3) is 0.417. The van der Waals surface area contributed by atoms with Gasteiger partial charge in [0.25, 0.3) is 0 Å². The van der Waals surface area contributed by atoms with E-state index in [0.29, 0.717) is 17.9 Å². The van der Waals surface area contributed by atoms with Crippen molar-refractivity contribution in [3.8, 4) is 0 Å². The molecule has 25 heavy (non-hydrogen) atoms. The van der Waals surface area contributed by atoms with Crippen LogP contribution in [-0.2, 0) is 6.42 Å². The Kier molecular flexibility index (Phi) is 7.46. The molecule has 0 bridgehead atoms. The molecule has 1 heteroatoms. The molecule has 134 valence electrons. The largest absolute Gasteiger partial charge is 0.306 e. The highest BCUT2D eigenvalue weighted by Crippen LogP contribution is 2.25. The van der Waals surface area contributed by atoms with Crippen LogP contribution < -0.4 is 5.32 Å². The van der Waals surface area contributed by atoms with Crippen molar-refractivity contribution in [1.82, 2.24) is 5.32 Å². The summed E-state index contributed by atoms with van der Waals surface area (Å²) in [7, 11) is 0. The molecule has 2 rings (SSSR count). The zero-order chi connectivity index (χ0) is 18.2. The van der Waals surface area contributed by atoms with Gasteiger partial charge in [0.2, 0.25) is 0 Å². The molecule has 0 fully saturated rings. The molecule has 1 N–H and O–H groups in total. The molecule has 1 heterocycles. The van der Waals surface area contributed by atoms with Gasteiger partial charge < -0.3 is 5.32 Å². The van der Waals surface area contributed by atoms with Crippen LogP contribution in [0.5, 0.6) is 0 Å². The zero-order valence-electron chi connectivity index (χ0n) is 16.1. The molecule has 0 aliphatic carbocycles. The average molecular weight is 336 g/mol. The molecule has 0 saturated carbocycles. The van der Waals surface area contributed by atoms with Gasteiger partial charge >= 0.3 is 0 Å². The molecule has 3 atom stereocenters. The molecule has 1 aromatic rings. The molecule has 0 aromatic heterocycles. The van der Waals surface area contributed by atoms with E-state index in [-0.39, 0.29) is 0 Å². The summed E-state index contributed by atoms with van der Waals surface area (Å²) in [5, 5.41) is 3.66. The van der Waals surface area contributed by atoms with E-state index in [1.807, 2.05) is 6.08 Å². The molecule has 0 amide bonds. The van der Waals surface area contributed by atoms with Gasteiger partial charge in [-0.05, 0) is 60.3 Å². The van der Waals surface area contributed by atoms with Gasteiger partial charge in [0, 0.05) is 12.6 Å². The number of allylic oxidation sites excluding steroid dienone is 3. The van der Waals surface area contributed by atoms with E-state index in [2.05, 4.69) is 81.7 Å². The van der Waals surface area contributed by atoms with Crippen molar-refractivity contribution in [2.45, 2.75) is 46.1 Å². The molecule has 0 spiro atoms. The van der Waals surface area contributed by atoms with Crippen LogP contribution in [0.25, 0.3) is 0 Å².